The molecule has 1 atom stereocenters. The molecule has 0 aliphatic carbocycles. The van der Waals surface area contributed by atoms with Crippen LogP contribution in [0.4, 0.5) is 0 Å². The predicted molar refractivity (Wildman–Crippen MR) is 63.8 cm³/mol. The van der Waals surface area contributed by atoms with Gasteiger partial charge in [-0.2, -0.15) is 0 Å². The molecule has 4 nitrogen and oxygen atoms in total. The van der Waals surface area contributed by atoms with Crippen LogP contribution < -0.4 is 0 Å². The van der Waals surface area contributed by atoms with Gasteiger partial charge in [-0.1, -0.05) is 0 Å². The summed E-state index contributed by atoms with van der Waals surface area (Å²) in [5.74, 6) is -0.146. The van der Waals surface area contributed by atoms with Crippen molar-refractivity contribution in [3.8, 4) is 0 Å². The van der Waals surface area contributed by atoms with Gasteiger partial charge in [0.1, 0.15) is 0 Å². The second kappa shape index (κ2) is 5.15. The normalized spacial score (nSPS) is 23.5. The van der Waals surface area contributed by atoms with Crippen LogP contribution in [0.1, 0.15) is 33.6 Å². The third-order valence-electron chi connectivity index (χ3n) is 2.91. The number of hydrogen-bond donors (Lipinski definition) is 0. The van der Waals surface area contributed by atoms with Crippen molar-refractivity contribution in [1.29, 1.82) is 0 Å². The molecular weight excluding hydrogens is 204 g/mol. The van der Waals surface area contributed by atoms with Gasteiger partial charge in [0.05, 0.1) is 12.0 Å². The zero-order valence-corrected chi connectivity index (χ0v) is 11.1. The molecule has 1 rings (SSSR count). The van der Waals surface area contributed by atoms with Crippen LogP contribution in [0, 0.1) is 5.41 Å². The molecule has 1 saturated heterocycles. The third-order valence-corrected chi connectivity index (χ3v) is 2.91. The largest absolute Gasteiger partial charge is 0.367 e. The Morgan fingerprint density at radius 1 is 1.38 bits per heavy atom. The van der Waals surface area contributed by atoms with Gasteiger partial charge < -0.3 is 9.74 Å². The maximum atomic E-state index is 11.7. The fourth-order valence-corrected chi connectivity index (χ4v) is 1.68. The Balaban J connectivity index is 2.46. The summed E-state index contributed by atoms with van der Waals surface area (Å²) in [7, 11) is 4.14. The summed E-state index contributed by atoms with van der Waals surface area (Å²) in [6.07, 6.45) is 2.26. The minimum absolute atomic E-state index is 0.146. The summed E-state index contributed by atoms with van der Waals surface area (Å²) in [6, 6.07) is 0.488. The number of piperidine rings is 1. The van der Waals surface area contributed by atoms with E-state index in [0.717, 1.165) is 19.5 Å². The van der Waals surface area contributed by atoms with Gasteiger partial charge in [-0.25, -0.2) is 4.79 Å². The van der Waals surface area contributed by atoms with E-state index < -0.39 is 5.41 Å². The van der Waals surface area contributed by atoms with E-state index in [1.54, 1.807) is 0 Å². The molecule has 0 spiro atoms. The van der Waals surface area contributed by atoms with E-state index in [1.165, 1.54) is 6.42 Å². The molecular formula is C12H24N2O2. The second-order valence-corrected chi connectivity index (χ2v) is 5.78. The van der Waals surface area contributed by atoms with Gasteiger partial charge in [0.15, 0.2) is 0 Å². The SMILES string of the molecule is CN(C)C1CCCN(OC(=O)C(C)(C)C)C1. The first-order chi connectivity index (χ1) is 7.30. The third kappa shape index (κ3) is 3.76. The lowest BCUT2D eigenvalue weighted by Gasteiger charge is -2.35. The molecule has 0 aromatic carbocycles. The number of carbonyl (C=O) groups excluding carboxylic acids is 1. The molecule has 0 aromatic rings. The molecule has 94 valence electrons. The summed E-state index contributed by atoms with van der Waals surface area (Å²) in [6.45, 7) is 7.30. The van der Waals surface area contributed by atoms with Gasteiger partial charge in [-0.05, 0) is 47.7 Å². The molecule has 4 heteroatoms. The zero-order valence-electron chi connectivity index (χ0n) is 11.1. The predicted octanol–water partition coefficient (Wildman–Crippen LogP) is 1.52. The number of carbonyl (C=O) groups is 1. The molecule has 0 radical (unpaired) electrons. The Labute approximate surface area is 98.5 Å². The Bertz CT molecular complexity index is 246. The van der Waals surface area contributed by atoms with E-state index in [2.05, 4.69) is 19.0 Å². The first-order valence-corrected chi connectivity index (χ1v) is 5.94. The smallest absolute Gasteiger partial charge is 0.330 e. The van der Waals surface area contributed by atoms with Gasteiger partial charge in [0.25, 0.3) is 0 Å². The molecule has 0 amide bonds. The van der Waals surface area contributed by atoms with E-state index in [1.807, 2.05) is 25.8 Å². The molecule has 16 heavy (non-hydrogen) atoms. The van der Waals surface area contributed by atoms with Gasteiger partial charge in [-0.15, -0.1) is 5.06 Å². The fourth-order valence-electron chi connectivity index (χ4n) is 1.68. The highest BCUT2D eigenvalue weighted by Gasteiger charge is 2.29. The van der Waals surface area contributed by atoms with Crippen LogP contribution in [0.15, 0.2) is 0 Å². The highest BCUT2D eigenvalue weighted by molar-refractivity contribution is 5.75. The Kier molecular flexibility index (Phi) is 4.33. The van der Waals surface area contributed by atoms with Crippen LogP contribution in [-0.4, -0.2) is 49.2 Å². The van der Waals surface area contributed by atoms with E-state index in [-0.39, 0.29) is 5.97 Å². The second-order valence-electron chi connectivity index (χ2n) is 5.78. The number of hydroxylamine groups is 2. The Hall–Kier alpha value is -0.610. The summed E-state index contributed by atoms with van der Waals surface area (Å²) in [5, 5.41) is 1.81. The lowest BCUT2D eigenvalue weighted by molar-refractivity contribution is -0.207. The number of likely N-dealkylation sites (N-methyl/N-ethyl adjacent to an activating group) is 1. The minimum atomic E-state index is -0.426. The van der Waals surface area contributed by atoms with Crippen molar-refractivity contribution in [1.82, 2.24) is 9.96 Å². The van der Waals surface area contributed by atoms with Gasteiger partial charge in [0, 0.05) is 12.6 Å². The van der Waals surface area contributed by atoms with E-state index in [9.17, 15) is 4.79 Å². The Morgan fingerprint density at radius 2 is 2.00 bits per heavy atom. The molecule has 0 bridgehead atoms. The fraction of sp³-hybridized carbons (Fsp3) is 0.917. The standard InChI is InChI=1S/C12H24N2O2/c1-12(2,3)11(15)16-14-8-6-7-10(9-14)13(4)5/h10H,6-9H2,1-5H3. The number of nitrogens with zero attached hydrogens (tertiary/aromatic N) is 2. The molecule has 1 heterocycles. The van der Waals surface area contributed by atoms with Crippen molar-refractivity contribution < 1.29 is 9.63 Å². The van der Waals surface area contributed by atoms with Crippen molar-refractivity contribution in [3.63, 3.8) is 0 Å². The van der Waals surface area contributed by atoms with Crippen molar-refractivity contribution in [2.75, 3.05) is 27.2 Å². The zero-order chi connectivity index (χ0) is 12.3. The van der Waals surface area contributed by atoms with Crippen LogP contribution in [0.2, 0.25) is 0 Å². The summed E-state index contributed by atoms with van der Waals surface area (Å²) in [5.41, 5.74) is -0.426. The van der Waals surface area contributed by atoms with Crippen LogP contribution in [0.25, 0.3) is 0 Å². The molecule has 0 aromatic heterocycles. The van der Waals surface area contributed by atoms with Crippen LogP contribution in [0.5, 0.6) is 0 Å². The van der Waals surface area contributed by atoms with Crippen molar-refractivity contribution in [2.24, 2.45) is 5.41 Å². The summed E-state index contributed by atoms with van der Waals surface area (Å²) >= 11 is 0. The molecule has 1 unspecified atom stereocenters. The molecule has 1 aliphatic heterocycles. The summed E-state index contributed by atoms with van der Waals surface area (Å²) < 4.78 is 0. The molecule has 1 aliphatic rings. The first kappa shape index (κ1) is 13.5. The van der Waals surface area contributed by atoms with E-state index in [4.69, 9.17) is 4.84 Å². The molecule has 0 saturated carbocycles. The first-order valence-electron chi connectivity index (χ1n) is 5.94. The van der Waals surface area contributed by atoms with Gasteiger partial charge in [0.2, 0.25) is 0 Å². The average molecular weight is 228 g/mol. The van der Waals surface area contributed by atoms with Gasteiger partial charge in [-0.3, -0.25) is 0 Å². The van der Waals surface area contributed by atoms with Crippen LogP contribution >= 0.6 is 0 Å². The lowest BCUT2D eigenvalue weighted by atomic mass is 9.98. The van der Waals surface area contributed by atoms with Crippen LogP contribution in [-0.2, 0) is 9.63 Å². The number of hydrogen-bond acceptors (Lipinski definition) is 4. The maximum absolute atomic E-state index is 11.7. The van der Waals surface area contributed by atoms with E-state index >= 15 is 0 Å². The van der Waals surface area contributed by atoms with E-state index in [0.29, 0.717) is 6.04 Å². The highest BCUT2D eigenvalue weighted by atomic mass is 16.7. The average Bonchev–Trinajstić information content (AvgIpc) is 2.16. The number of rotatable bonds is 2. The van der Waals surface area contributed by atoms with Crippen molar-refractivity contribution in [2.45, 2.75) is 39.7 Å². The Morgan fingerprint density at radius 3 is 2.50 bits per heavy atom. The molecule has 0 N–H and O–H groups in total. The summed E-state index contributed by atoms with van der Waals surface area (Å²) in [4.78, 5) is 19.3. The van der Waals surface area contributed by atoms with Crippen LogP contribution in [0.3, 0.4) is 0 Å². The van der Waals surface area contributed by atoms with Crippen molar-refractivity contribution in [3.05, 3.63) is 0 Å². The van der Waals surface area contributed by atoms with Crippen molar-refractivity contribution >= 4 is 5.97 Å². The minimum Gasteiger partial charge on any atom is -0.367 e. The monoisotopic (exact) mass is 228 g/mol. The quantitative estimate of drug-likeness (QED) is 0.717. The lowest BCUT2D eigenvalue weighted by Crippen LogP contribution is -2.46. The maximum Gasteiger partial charge on any atom is 0.330 e. The van der Waals surface area contributed by atoms with Gasteiger partial charge >= 0.3 is 5.97 Å². The topological polar surface area (TPSA) is 32.8 Å². The molecule has 1 fully saturated rings. The highest BCUT2D eigenvalue weighted by Crippen LogP contribution is 2.19.